The molecule has 4 heteroatoms. The van der Waals surface area contributed by atoms with Crippen molar-refractivity contribution in [3.8, 4) is 5.75 Å². The Morgan fingerprint density at radius 3 is 2.61 bits per heavy atom. The zero-order valence-electron chi connectivity index (χ0n) is 10.0. The number of carbonyl (C=O) groups is 1. The van der Waals surface area contributed by atoms with Crippen LogP contribution in [0.3, 0.4) is 0 Å². The fraction of sp³-hybridized carbons (Fsp3) is 0.0714. The van der Waals surface area contributed by atoms with Gasteiger partial charge in [-0.05, 0) is 36.4 Å². The number of nitrogens with two attached hydrogens (primary N) is 2. The van der Waals surface area contributed by atoms with Gasteiger partial charge in [0.2, 0.25) is 0 Å². The molecule has 0 unspecified atom stereocenters. The number of hydrogen-bond donors (Lipinski definition) is 2. The molecular weight excluding hydrogens is 228 g/mol. The third kappa shape index (κ3) is 5.03. The first-order valence-corrected chi connectivity index (χ1v) is 5.43. The Labute approximate surface area is 106 Å². The maximum atomic E-state index is 11.5. The third-order valence-corrected chi connectivity index (χ3v) is 2.02. The van der Waals surface area contributed by atoms with Crippen molar-refractivity contribution in [2.24, 2.45) is 5.73 Å². The van der Waals surface area contributed by atoms with E-state index in [1.807, 2.05) is 0 Å². The molecule has 1 aromatic rings. The van der Waals surface area contributed by atoms with Crippen LogP contribution >= 0.6 is 0 Å². The van der Waals surface area contributed by atoms with Crippen LogP contribution in [0, 0.1) is 0 Å². The van der Waals surface area contributed by atoms with Gasteiger partial charge < -0.3 is 16.2 Å². The van der Waals surface area contributed by atoms with E-state index in [2.05, 4.69) is 6.58 Å². The fourth-order valence-electron chi connectivity index (χ4n) is 1.19. The maximum absolute atomic E-state index is 11.5. The minimum atomic E-state index is -0.359. The van der Waals surface area contributed by atoms with Crippen molar-refractivity contribution in [2.45, 2.75) is 6.42 Å². The van der Waals surface area contributed by atoms with Crippen LogP contribution in [-0.4, -0.2) is 5.97 Å². The summed E-state index contributed by atoms with van der Waals surface area (Å²) in [5, 5.41) is 0. The number of ether oxygens (including phenoxy) is 1. The number of anilines is 1. The van der Waals surface area contributed by atoms with Gasteiger partial charge in [0.15, 0.2) is 0 Å². The lowest BCUT2D eigenvalue weighted by Crippen LogP contribution is -2.06. The molecule has 0 bridgehead atoms. The van der Waals surface area contributed by atoms with Crippen molar-refractivity contribution in [1.82, 2.24) is 0 Å². The van der Waals surface area contributed by atoms with Crippen LogP contribution in [0.15, 0.2) is 60.8 Å². The van der Waals surface area contributed by atoms with Gasteiger partial charge in [0.25, 0.3) is 0 Å². The quantitative estimate of drug-likeness (QED) is 0.360. The minimum Gasteiger partial charge on any atom is -0.426 e. The van der Waals surface area contributed by atoms with E-state index < -0.39 is 0 Å². The van der Waals surface area contributed by atoms with Crippen LogP contribution < -0.4 is 16.2 Å². The summed E-state index contributed by atoms with van der Waals surface area (Å²) in [6.07, 6.45) is 6.63. The van der Waals surface area contributed by atoms with E-state index >= 15 is 0 Å². The number of rotatable bonds is 5. The Morgan fingerprint density at radius 1 is 1.33 bits per heavy atom. The van der Waals surface area contributed by atoms with Crippen molar-refractivity contribution in [3.63, 3.8) is 0 Å². The van der Waals surface area contributed by atoms with Gasteiger partial charge in [-0.3, -0.25) is 4.79 Å². The molecule has 4 nitrogen and oxygen atoms in total. The highest BCUT2D eigenvalue weighted by Gasteiger charge is 2.01. The highest BCUT2D eigenvalue weighted by atomic mass is 16.5. The molecule has 94 valence electrons. The van der Waals surface area contributed by atoms with Crippen molar-refractivity contribution in [2.75, 3.05) is 5.73 Å². The molecule has 0 radical (unpaired) electrons. The molecule has 0 aliphatic rings. The SMILES string of the molecule is C=C/C=C(N)\C=C/CC(=O)Oc1ccc(N)cc1. The zero-order valence-corrected chi connectivity index (χ0v) is 10.0. The maximum Gasteiger partial charge on any atom is 0.315 e. The fourth-order valence-corrected chi connectivity index (χ4v) is 1.19. The third-order valence-electron chi connectivity index (χ3n) is 2.02. The molecule has 0 aromatic heterocycles. The lowest BCUT2D eigenvalue weighted by molar-refractivity contribution is -0.133. The highest BCUT2D eigenvalue weighted by Crippen LogP contribution is 2.13. The number of hydrogen-bond acceptors (Lipinski definition) is 4. The second-order valence-electron chi connectivity index (χ2n) is 3.55. The minimum absolute atomic E-state index is 0.149. The summed E-state index contributed by atoms with van der Waals surface area (Å²) in [5.74, 6) is 0.111. The average Bonchev–Trinajstić information content (AvgIpc) is 2.32. The first kappa shape index (κ1) is 13.6. The van der Waals surface area contributed by atoms with Crippen molar-refractivity contribution < 1.29 is 9.53 Å². The Bertz CT molecular complexity index is 473. The van der Waals surface area contributed by atoms with E-state index in [-0.39, 0.29) is 12.4 Å². The summed E-state index contributed by atoms with van der Waals surface area (Å²) in [7, 11) is 0. The van der Waals surface area contributed by atoms with Crippen molar-refractivity contribution in [3.05, 3.63) is 60.8 Å². The van der Waals surface area contributed by atoms with Gasteiger partial charge in [-0.25, -0.2) is 0 Å². The summed E-state index contributed by atoms with van der Waals surface area (Å²) >= 11 is 0. The Morgan fingerprint density at radius 2 is 2.00 bits per heavy atom. The van der Waals surface area contributed by atoms with Gasteiger partial charge in [0.05, 0.1) is 6.42 Å². The first-order valence-electron chi connectivity index (χ1n) is 5.43. The van der Waals surface area contributed by atoms with Crippen LogP contribution in [0.2, 0.25) is 0 Å². The van der Waals surface area contributed by atoms with E-state index in [0.29, 0.717) is 17.1 Å². The number of allylic oxidation sites excluding steroid dienone is 3. The number of benzene rings is 1. The van der Waals surface area contributed by atoms with Crippen LogP contribution in [0.4, 0.5) is 5.69 Å². The van der Waals surface area contributed by atoms with Gasteiger partial charge in [-0.15, -0.1) is 0 Å². The predicted molar refractivity (Wildman–Crippen MR) is 72.7 cm³/mol. The summed E-state index contributed by atoms with van der Waals surface area (Å²) in [6, 6.07) is 6.62. The lowest BCUT2D eigenvalue weighted by atomic mass is 10.3. The molecule has 0 fully saturated rings. The molecular formula is C14H16N2O2. The van der Waals surface area contributed by atoms with E-state index in [1.165, 1.54) is 0 Å². The molecule has 0 atom stereocenters. The normalized spacial score (nSPS) is 11.4. The monoisotopic (exact) mass is 244 g/mol. The van der Waals surface area contributed by atoms with Gasteiger partial charge in [-0.1, -0.05) is 18.7 Å². The molecule has 0 aliphatic heterocycles. The van der Waals surface area contributed by atoms with E-state index in [0.717, 1.165) is 0 Å². The number of esters is 1. The average molecular weight is 244 g/mol. The summed E-state index contributed by atoms with van der Waals surface area (Å²) in [6.45, 7) is 3.51. The second-order valence-corrected chi connectivity index (χ2v) is 3.55. The first-order chi connectivity index (χ1) is 8.61. The lowest BCUT2D eigenvalue weighted by Gasteiger charge is -2.02. The smallest absolute Gasteiger partial charge is 0.315 e. The van der Waals surface area contributed by atoms with Gasteiger partial charge in [0.1, 0.15) is 5.75 Å². The van der Waals surface area contributed by atoms with Crippen LogP contribution in [-0.2, 0) is 4.79 Å². The van der Waals surface area contributed by atoms with Gasteiger partial charge in [-0.2, -0.15) is 0 Å². The predicted octanol–water partition coefficient (Wildman–Crippen LogP) is 2.15. The van der Waals surface area contributed by atoms with Crippen molar-refractivity contribution in [1.29, 1.82) is 0 Å². The topological polar surface area (TPSA) is 78.3 Å². The molecule has 1 rings (SSSR count). The van der Waals surface area contributed by atoms with E-state index in [1.54, 1.807) is 48.6 Å². The largest absolute Gasteiger partial charge is 0.426 e. The molecule has 0 saturated heterocycles. The molecule has 0 saturated carbocycles. The van der Waals surface area contributed by atoms with E-state index in [4.69, 9.17) is 16.2 Å². The molecule has 0 spiro atoms. The summed E-state index contributed by atoms with van der Waals surface area (Å²) in [4.78, 5) is 11.5. The van der Waals surface area contributed by atoms with Gasteiger partial charge in [0, 0.05) is 11.4 Å². The molecule has 0 aliphatic carbocycles. The molecule has 4 N–H and O–H groups in total. The Kier molecular flexibility index (Phi) is 5.25. The highest BCUT2D eigenvalue weighted by molar-refractivity contribution is 5.74. The van der Waals surface area contributed by atoms with Crippen LogP contribution in [0.1, 0.15) is 6.42 Å². The number of carbonyl (C=O) groups excluding carboxylic acids is 1. The zero-order chi connectivity index (χ0) is 13.4. The molecule has 18 heavy (non-hydrogen) atoms. The van der Waals surface area contributed by atoms with Crippen LogP contribution in [0.25, 0.3) is 0 Å². The van der Waals surface area contributed by atoms with Crippen LogP contribution in [0.5, 0.6) is 5.75 Å². The summed E-state index contributed by atoms with van der Waals surface area (Å²) in [5.41, 5.74) is 12.3. The standard InChI is InChI=1S/C14H16N2O2/c1-2-4-11(15)5-3-6-14(17)18-13-9-7-12(16)8-10-13/h2-5,7-10H,1,6,15-16H2/b5-3-,11-4+. The van der Waals surface area contributed by atoms with E-state index in [9.17, 15) is 4.79 Å². The number of nitrogen functional groups attached to an aromatic ring is 1. The molecule has 0 heterocycles. The summed E-state index contributed by atoms with van der Waals surface area (Å²) < 4.78 is 5.08. The molecule has 1 aromatic carbocycles. The molecule has 0 amide bonds. The Balaban J connectivity index is 2.45. The van der Waals surface area contributed by atoms with Gasteiger partial charge >= 0.3 is 5.97 Å². The van der Waals surface area contributed by atoms with Crippen molar-refractivity contribution >= 4 is 11.7 Å². The second kappa shape index (κ2) is 6.96. The Hall–Kier alpha value is -2.49.